The van der Waals surface area contributed by atoms with Crippen LogP contribution in [0.5, 0.6) is 0 Å². The molecule has 1 rings (SSSR count). The van der Waals surface area contributed by atoms with Crippen LogP contribution in [0.1, 0.15) is 19.8 Å². The average molecular weight is 206 g/mol. The van der Waals surface area contributed by atoms with Crippen LogP contribution in [-0.4, -0.2) is 53.1 Å². The van der Waals surface area contributed by atoms with Gasteiger partial charge >= 0.3 is 0 Å². The standard InChI is InChI=1S/C9H18O5/c1-6(10)9(12)7(11)5-8-13-3-2-4-14-8/h6-12H,2-5H2,1H3/t6-,7-,9-/m1/s1. The van der Waals surface area contributed by atoms with Crippen molar-refractivity contribution in [2.45, 2.75) is 44.4 Å². The number of rotatable bonds is 4. The topological polar surface area (TPSA) is 79.2 Å². The Morgan fingerprint density at radius 3 is 2.29 bits per heavy atom. The lowest BCUT2D eigenvalue weighted by atomic mass is 10.1. The van der Waals surface area contributed by atoms with Gasteiger partial charge in [-0.25, -0.2) is 0 Å². The molecule has 0 amide bonds. The molecule has 0 aromatic heterocycles. The maximum atomic E-state index is 9.47. The van der Waals surface area contributed by atoms with E-state index in [1.165, 1.54) is 6.92 Å². The van der Waals surface area contributed by atoms with Gasteiger partial charge in [0.15, 0.2) is 6.29 Å². The lowest BCUT2D eigenvalue weighted by molar-refractivity contribution is -0.200. The molecule has 1 saturated heterocycles. The van der Waals surface area contributed by atoms with Crippen LogP contribution in [0.2, 0.25) is 0 Å². The molecular weight excluding hydrogens is 188 g/mol. The van der Waals surface area contributed by atoms with E-state index in [0.717, 1.165) is 6.42 Å². The predicted molar refractivity (Wildman–Crippen MR) is 48.6 cm³/mol. The van der Waals surface area contributed by atoms with Crippen molar-refractivity contribution in [2.24, 2.45) is 0 Å². The molecule has 0 aliphatic carbocycles. The maximum absolute atomic E-state index is 9.47. The van der Waals surface area contributed by atoms with Crippen LogP contribution >= 0.6 is 0 Å². The van der Waals surface area contributed by atoms with Gasteiger partial charge in [-0.2, -0.15) is 0 Å². The quantitative estimate of drug-likeness (QED) is 0.563. The van der Waals surface area contributed by atoms with Crippen LogP contribution in [-0.2, 0) is 9.47 Å². The van der Waals surface area contributed by atoms with Crippen molar-refractivity contribution in [2.75, 3.05) is 13.2 Å². The molecule has 0 radical (unpaired) electrons. The number of hydrogen-bond acceptors (Lipinski definition) is 5. The summed E-state index contributed by atoms with van der Waals surface area (Å²) in [5.74, 6) is 0. The number of aliphatic hydroxyl groups excluding tert-OH is 3. The molecular formula is C9H18O5. The van der Waals surface area contributed by atoms with Gasteiger partial charge < -0.3 is 24.8 Å². The summed E-state index contributed by atoms with van der Waals surface area (Å²) in [6.07, 6.45) is -2.54. The molecule has 5 nitrogen and oxygen atoms in total. The summed E-state index contributed by atoms with van der Waals surface area (Å²) < 4.78 is 10.4. The van der Waals surface area contributed by atoms with Crippen molar-refractivity contribution in [1.82, 2.24) is 0 Å². The van der Waals surface area contributed by atoms with E-state index in [1.54, 1.807) is 0 Å². The Morgan fingerprint density at radius 1 is 1.21 bits per heavy atom. The third-order valence-electron chi connectivity index (χ3n) is 2.22. The zero-order valence-corrected chi connectivity index (χ0v) is 8.30. The highest BCUT2D eigenvalue weighted by Crippen LogP contribution is 2.13. The maximum Gasteiger partial charge on any atom is 0.160 e. The minimum Gasteiger partial charge on any atom is -0.391 e. The first-order valence-corrected chi connectivity index (χ1v) is 4.88. The Bertz CT molecular complexity index is 155. The summed E-state index contributed by atoms with van der Waals surface area (Å²) in [5.41, 5.74) is 0. The summed E-state index contributed by atoms with van der Waals surface area (Å²) in [5, 5.41) is 27.8. The molecule has 0 aromatic rings. The second-order valence-electron chi connectivity index (χ2n) is 3.56. The van der Waals surface area contributed by atoms with E-state index < -0.39 is 24.6 Å². The highest BCUT2D eigenvalue weighted by Gasteiger charge is 2.26. The lowest BCUT2D eigenvalue weighted by Crippen LogP contribution is -2.39. The molecule has 0 bridgehead atoms. The summed E-state index contributed by atoms with van der Waals surface area (Å²) in [4.78, 5) is 0. The molecule has 14 heavy (non-hydrogen) atoms. The fraction of sp³-hybridized carbons (Fsp3) is 1.00. The first-order chi connectivity index (χ1) is 6.61. The fourth-order valence-electron chi connectivity index (χ4n) is 1.33. The van der Waals surface area contributed by atoms with E-state index in [9.17, 15) is 10.2 Å². The van der Waals surface area contributed by atoms with Crippen LogP contribution in [0.25, 0.3) is 0 Å². The normalized spacial score (nSPS) is 25.7. The number of aliphatic hydroxyl groups is 3. The van der Waals surface area contributed by atoms with E-state index in [0.29, 0.717) is 13.2 Å². The molecule has 0 unspecified atom stereocenters. The molecule has 0 aromatic carbocycles. The first kappa shape index (κ1) is 11.9. The van der Waals surface area contributed by atoms with E-state index in [-0.39, 0.29) is 6.42 Å². The van der Waals surface area contributed by atoms with Gasteiger partial charge in [0.2, 0.25) is 0 Å². The Morgan fingerprint density at radius 2 is 1.79 bits per heavy atom. The smallest absolute Gasteiger partial charge is 0.160 e. The highest BCUT2D eigenvalue weighted by molar-refractivity contribution is 4.73. The van der Waals surface area contributed by atoms with Gasteiger partial charge in [0.1, 0.15) is 6.10 Å². The van der Waals surface area contributed by atoms with Gasteiger partial charge in [-0.15, -0.1) is 0 Å². The first-order valence-electron chi connectivity index (χ1n) is 4.88. The largest absolute Gasteiger partial charge is 0.391 e. The molecule has 0 saturated carbocycles. The second-order valence-corrected chi connectivity index (χ2v) is 3.56. The van der Waals surface area contributed by atoms with Gasteiger partial charge in [-0.05, 0) is 13.3 Å². The van der Waals surface area contributed by atoms with Crippen LogP contribution in [0, 0.1) is 0 Å². The predicted octanol–water partition coefficient (Wildman–Crippen LogP) is -0.758. The highest BCUT2D eigenvalue weighted by atomic mass is 16.7. The van der Waals surface area contributed by atoms with Crippen molar-refractivity contribution in [3.05, 3.63) is 0 Å². The second kappa shape index (κ2) is 5.63. The van der Waals surface area contributed by atoms with E-state index in [1.807, 2.05) is 0 Å². The average Bonchev–Trinajstić information content (AvgIpc) is 2.18. The van der Waals surface area contributed by atoms with Crippen LogP contribution in [0.15, 0.2) is 0 Å². The van der Waals surface area contributed by atoms with Crippen molar-refractivity contribution >= 4 is 0 Å². The Hall–Kier alpha value is -0.200. The van der Waals surface area contributed by atoms with Crippen LogP contribution in [0.4, 0.5) is 0 Å². The van der Waals surface area contributed by atoms with Gasteiger partial charge in [-0.3, -0.25) is 0 Å². The zero-order valence-electron chi connectivity index (χ0n) is 8.30. The van der Waals surface area contributed by atoms with E-state index in [4.69, 9.17) is 14.6 Å². The molecule has 3 atom stereocenters. The minimum atomic E-state index is -1.15. The minimum absolute atomic E-state index is 0.187. The number of hydrogen-bond donors (Lipinski definition) is 3. The molecule has 84 valence electrons. The Balaban J connectivity index is 2.27. The van der Waals surface area contributed by atoms with Crippen molar-refractivity contribution < 1.29 is 24.8 Å². The SMILES string of the molecule is C[C@@H](O)[C@@H](O)[C@H](O)CC1OCCCO1. The molecule has 1 aliphatic heterocycles. The molecule has 0 spiro atoms. The fourth-order valence-corrected chi connectivity index (χ4v) is 1.33. The zero-order chi connectivity index (χ0) is 10.6. The third-order valence-corrected chi connectivity index (χ3v) is 2.22. The van der Waals surface area contributed by atoms with E-state index >= 15 is 0 Å². The van der Waals surface area contributed by atoms with Crippen LogP contribution in [0.3, 0.4) is 0 Å². The monoisotopic (exact) mass is 206 g/mol. The van der Waals surface area contributed by atoms with Crippen molar-refractivity contribution in [1.29, 1.82) is 0 Å². The van der Waals surface area contributed by atoms with Crippen molar-refractivity contribution in [3.8, 4) is 0 Å². The summed E-state index contributed by atoms with van der Waals surface area (Å²) in [6.45, 7) is 2.65. The third kappa shape index (κ3) is 3.51. The Kier molecular flexibility index (Phi) is 4.77. The Labute approximate surface area is 83.3 Å². The molecule has 1 aliphatic rings. The number of ether oxygens (including phenoxy) is 2. The van der Waals surface area contributed by atoms with E-state index in [2.05, 4.69) is 0 Å². The lowest BCUT2D eigenvalue weighted by Gasteiger charge is -2.27. The molecule has 1 fully saturated rings. The molecule has 1 heterocycles. The van der Waals surface area contributed by atoms with Crippen molar-refractivity contribution in [3.63, 3.8) is 0 Å². The van der Waals surface area contributed by atoms with Gasteiger partial charge in [0, 0.05) is 6.42 Å². The van der Waals surface area contributed by atoms with Gasteiger partial charge in [0.25, 0.3) is 0 Å². The summed E-state index contributed by atoms with van der Waals surface area (Å²) in [7, 11) is 0. The molecule has 3 N–H and O–H groups in total. The van der Waals surface area contributed by atoms with Gasteiger partial charge in [-0.1, -0.05) is 0 Å². The van der Waals surface area contributed by atoms with Crippen LogP contribution < -0.4 is 0 Å². The van der Waals surface area contributed by atoms with Gasteiger partial charge in [0.05, 0.1) is 25.4 Å². The summed E-state index contributed by atoms with van der Waals surface area (Å²) >= 11 is 0. The summed E-state index contributed by atoms with van der Waals surface area (Å²) in [6, 6.07) is 0. The molecule has 5 heteroatoms.